The smallest absolute Gasteiger partial charge is 0.223 e. The van der Waals surface area contributed by atoms with E-state index in [4.69, 9.17) is 5.73 Å². The fourth-order valence-corrected chi connectivity index (χ4v) is 2.84. The minimum Gasteiger partial charge on any atom is -0.346 e. The lowest BCUT2D eigenvalue weighted by atomic mass is 9.75. The van der Waals surface area contributed by atoms with Crippen LogP contribution in [0.4, 0.5) is 0 Å². The number of hydrogen-bond acceptors (Lipinski definition) is 4. The molecule has 1 saturated carbocycles. The summed E-state index contributed by atoms with van der Waals surface area (Å²) >= 11 is 0. The number of rotatable bonds is 9. The first-order valence-electron chi connectivity index (χ1n) is 7.71. The summed E-state index contributed by atoms with van der Waals surface area (Å²) in [6.07, 6.45) is 5.35. The Morgan fingerprint density at radius 2 is 1.80 bits per heavy atom. The second-order valence-electron chi connectivity index (χ2n) is 6.42. The molecule has 0 saturated heterocycles. The van der Waals surface area contributed by atoms with Crippen molar-refractivity contribution in [1.82, 2.24) is 14.7 Å². The zero-order chi connectivity index (χ0) is 15.2. The summed E-state index contributed by atoms with van der Waals surface area (Å²) in [5.74, 6) is 0.220. The maximum absolute atomic E-state index is 12.0. The molecule has 1 rings (SSSR count). The molecule has 1 aliphatic carbocycles. The van der Waals surface area contributed by atoms with Crippen molar-refractivity contribution in [2.45, 2.75) is 37.6 Å². The number of carbonyl (C=O) groups is 1. The molecule has 1 aliphatic rings. The van der Waals surface area contributed by atoms with Crippen LogP contribution < -0.4 is 5.73 Å². The van der Waals surface area contributed by atoms with Crippen LogP contribution in [0.5, 0.6) is 0 Å². The predicted molar refractivity (Wildman–Crippen MR) is 83.7 cm³/mol. The Labute approximate surface area is 124 Å². The number of likely N-dealkylation sites (N-methyl/N-ethyl adjacent to an activating group) is 2. The Kier molecular flexibility index (Phi) is 6.92. The summed E-state index contributed by atoms with van der Waals surface area (Å²) in [4.78, 5) is 18.4. The third-order valence-electron chi connectivity index (χ3n) is 4.63. The van der Waals surface area contributed by atoms with Crippen LogP contribution in [0.3, 0.4) is 0 Å². The van der Waals surface area contributed by atoms with E-state index in [1.54, 1.807) is 4.90 Å². The van der Waals surface area contributed by atoms with E-state index in [2.05, 4.69) is 30.9 Å². The van der Waals surface area contributed by atoms with E-state index in [-0.39, 0.29) is 5.91 Å². The van der Waals surface area contributed by atoms with Crippen molar-refractivity contribution in [3.05, 3.63) is 0 Å². The van der Waals surface area contributed by atoms with Gasteiger partial charge in [-0.15, -0.1) is 0 Å². The van der Waals surface area contributed by atoms with Crippen molar-refractivity contribution >= 4 is 5.91 Å². The Morgan fingerprint density at radius 1 is 1.15 bits per heavy atom. The van der Waals surface area contributed by atoms with Gasteiger partial charge in [-0.25, -0.2) is 0 Å². The number of carbonyl (C=O) groups excluding carboxylic acids is 1. The number of hydrogen-bond donors (Lipinski definition) is 1. The van der Waals surface area contributed by atoms with Crippen LogP contribution in [0.2, 0.25) is 0 Å². The summed E-state index contributed by atoms with van der Waals surface area (Å²) in [5, 5.41) is 0. The van der Waals surface area contributed by atoms with Crippen LogP contribution in [-0.2, 0) is 4.79 Å². The Morgan fingerprint density at radius 3 is 2.25 bits per heavy atom. The van der Waals surface area contributed by atoms with Gasteiger partial charge in [0.2, 0.25) is 5.91 Å². The molecular formula is C15H32N4O. The lowest BCUT2D eigenvalue weighted by Crippen LogP contribution is -2.56. The lowest BCUT2D eigenvalue weighted by Gasteiger charge is -2.49. The summed E-state index contributed by atoms with van der Waals surface area (Å²) in [7, 11) is 8.32. The highest BCUT2D eigenvalue weighted by Crippen LogP contribution is 2.36. The molecule has 0 aromatic heterocycles. The number of amides is 1. The SMILES string of the molecule is CN(CCC(=O)N(C)CCCN)CC1(N(C)C)CCC1. The minimum atomic E-state index is 0.220. The van der Waals surface area contributed by atoms with Crippen molar-refractivity contribution in [3.63, 3.8) is 0 Å². The van der Waals surface area contributed by atoms with E-state index in [9.17, 15) is 4.79 Å². The number of nitrogens with two attached hydrogens (primary N) is 1. The summed E-state index contributed by atoms with van der Waals surface area (Å²) in [6, 6.07) is 0. The van der Waals surface area contributed by atoms with Crippen molar-refractivity contribution in [1.29, 1.82) is 0 Å². The molecular weight excluding hydrogens is 252 g/mol. The molecule has 0 aromatic carbocycles. The molecule has 0 radical (unpaired) electrons. The highest BCUT2D eigenvalue weighted by atomic mass is 16.2. The fraction of sp³-hybridized carbons (Fsp3) is 0.933. The van der Waals surface area contributed by atoms with Crippen LogP contribution in [-0.4, -0.2) is 80.5 Å². The van der Waals surface area contributed by atoms with Gasteiger partial charge in [0.05, 0.1) is 0 Å². The first-order valence-corrected chi connectivity index (χ1v) is 7.71. The molecule has 0 unspecified atom stereocenters. The average molecular weight is 284 g/mol. The van der Waals surface area contributed by atoms with Gasteiger partial charge in [-0.2, -0.15) is 0 Å². The second kappa shape index (κ2) is 7.96. The molecule has 0 bridgehead atoms. The monoisotopic (exact) mass is 284 g/mol. The standard InChI is InChI=1S/C15H32N4O/c1-17(2)15(8-5-9-15)13-18(3)12-7-14(20)19(4)11-6-10-16/h5-13,16H2,1-4H3. The first-order chi connectivity index (χ1) is 9.41. The van der Waals surface area contributed by atoms with Crippen LogP contribution in [0, 0.1) is 0 Å². The van der Waals surface area contributed by atoms with E-state index in [1.807, 2.05) is 7.05 Å². The fourth-order valence-electron chi connectivity index (χ4n) is 2.84. The van der Waals surface area contributed by atoms with Gasteiger partial charge in [-0.3, -0.25) is 4.79 Å². The molecule has 0 spiro atoms. The second-order valence-corrected chi connectivity index (χ2v) is 6.42. The number of nitrogens with zero attached hydrogens (tertiary/aromatic N) is 3. The van der Waals surface area contributed by atoms with Gasteiger partial charge < -0.3 is 20.4 Å². The van der Waals surface area contributed by atoms with Crippen molar-refractivity contribution in [2.75, 3.05) is 54.4 Å². The molecule has 118 valence electrons. The quantitative estimate of drug-likeness (QED) is 0.674. The average Bonchev–Trinajstić information content (AvgIpc) is 2.36. The van der Waals surface area contributed by atoms with E-state index in [1.165, 1.54) is 19.3 Å². The molecule has 1 amide bonds. The van der Waals surface area contributed by atoms with Gasteiger partial charge >= 0.3 is 0 Å². The van der Waals surface area contributed by atoms with E-state index in [0.29, 0.717) is 18.5 Å². The summed E-state index contributed by atoms with van der Waals surface area (Å²) < 4.78 is 0. The zero-order valence-corrected chi connectivity index (χ0v) is 13.7. The third kappa shape index (κ3) is 4.72. The van der Waals surface area contributed by atoms with Gasteiger partial charge in [-0.05, 0) is 53.4 Å². The van der Waals surface area contributed by atoms with E-state index < -0.39 is 0 Å². The van der Waals surface area contributed by atoms with Crippen molar-refractivity contribution < 1.29 is 4.79 Å². The molecule has 0 aliphatic heterocycles. The Hall–Kier alpha value is -0.650. The highest BCUT2D eigenvalue weighted by Gasteiger charge is 2.39. The Balaban J connectivity index is 2.29. The first kappa shape index (κ1) is 17.4. The molecule has 0 aromatic rings. The summed E-state index contributed by atoms with van der Waals surface area (Å²) in [5.41, 5.74) is 5.80. The summed E-state index contributed by atoms with van der Waals surface area (Å²) in [6.45, 7) is 3.30. The molecule has 5 nitrogen and oxygen atoms in total. The predicted octanol–water partition coefficient (Wildman–Crippen LogP) is 0.600. The van der Waals surface area contributed by atoms with Crippen LogP contribution in [0.1, 0.15) is 32.1 Å². The van der Waals surface area contributed by atoms with Crippen LogP contribution in [0.25, 0.3) is 0 Å². The molecule has 0 atom stereocenters. The maximum atomic E-state index is 12.0. The third-order valence-corrected chi connectivity index (χ3v) is 4.63. The van der Waals surface area contributed by atoms with E-state index >= 15 is 0 Å². The Bertz CT molecular complexity index is 302. The normalized spacial score (nSPS) is 17.4. The van der Waals surface area contributed by atoms with Crippen LogP contribution >= 0.6 is 0 Å². The highest BCUT2D eigenvalue weighted by molar-refractivity contribution is 5.76. The van der Waals surface area contributed by atoms with Gasteiger partial charge in [0, 0.05) is 38.6 Å². The zero-order valence-electron chi connectivity index (χ0n) is 13.7. The van der Waals surface area contributed by atoms with E-state index in [0.717, 1.165) is 26.1 Å². The van der Waals surface area contributed by atoms with Crippen molar-refractivity contribution in [3.8, 4) is 0 Å². The topological polar surface area (TPSA) is 52.8 Å². The molecule has 0 heterocycles. The van der Waals surface area contributed by atoms with Crippen LogP contribution in [0.15, 0.2) is 0 Å². The largest absolute Gasteiger partial charge is 0.346 e. The molecule has 1 fully saturated rings. The minimum absolute atomic E-state index is 0.220. The molecule has 20 heavy (non-hydrogen) atoms. The van der Waals surface area contributed by atoms with Crippen molar-refractivity contribution in [2.24, 2.45) is 5.73 Å². The maximum Gasteiger partial charge on any atom is 0.223 e. The lowest BCUT2D eigenvalue weighted by molar-refractivity contribution is -0.130. The molecule has 5 heteroatoms. The molecule has 2 N–H and O–H groups in total. The van der Waals surface area contributed by atoms with Gasteiger partial charge in [0.1, 0.15) is 0 Å². The van der Waals surface area contributed by atoms with Gasteiger partial charge in [0.25, 0.3) is 0 Å². The van der Waals surface area contributed by atoms with Gasteiger partial charge in [-0.1, -0.05) is 0 Å². The van der Waals surface area contributed by atoms with Gasteiger partial charge in [0.15, 0.2) is 0 Å².